The van der Waals surface area contributed by atoms with Crippen molar-refractivity contribution in [1.82, 2.24) is 4.72 Å². The highest BCUT2D eigenvalue weighted by Crippen LogP contribution is 2.18. The first kappa shape index (κ1) is 19.9. The standard InChI is InChI=1S/C19H24N2O4S/c1-13(2)18(19(22)20-15-7-5-6-14(3)12-15)21-26(23,24)17-10-8-16(25-4)9-11-17/h5-13,18,21H,1-4H3,(H,20,22). The number of carbonyl (C=O) groups excluding carboxylic acids is 1. The van der Waals surface area contributed by atoms with Crippen LogP contribution in [-0.4, -0.2) is 27.5 Å². The van der Waals surface area contributed by atoms with E-state index < -0.39 is 22.0 Å². The van der Waals surface area contributed by atoms with E-state index in [0.29, 0.717) is 11.4 Å². The number of amides is 1. The van der Waals surface area contributed by atoms with E-state index in [4.69, 9.17) is 4.74 Å². The fourth-order valence-electron chi connectivity index (χ4n) is 2.43. The molecule has 0 aliphatic carbocycles. The summed E-state index contributed by atoms with van der Waals surface area (Å²) in [6, 6.07) is 12.4. The zero-order valence-electron chi connectivity index (χ0n) is 15.3. The van der Waals surface area contributed by atoms with Gasteiger partial charge in [0, 0.05) is 5.69 Å². The second kappa shape index (κ2) is 8.33. The Balaban J connectivity index is 2.19. The summed E-state index contributed by atoms with van der Waals surface area (Å²) in [5, 5.41) is 2.77. The lowest BCUT2D eigenvalue weighted by Gasteiger charge is -2.22. The summed E-state index contributed by atoms with van der Waals surface area (Å²) in [4.78, 5) is 12.7. The van der Waals surface area contributed by atoms with Crippen molar-refractivity contribution in [3.05, 3.63) is 54.1 Å². The van der Waals surface area contributed by atoms with E-state index in [9.17, 15) is 13.2 Å². The van der Waals surface area contributed by atoms with Crippen molar-refractivity contribution in [2.75, 3.05) is 12.4 Å². The molecule has 1 unspecified atom stereocenters. The van der Waals surface area contributed by atoms with Crippen LogP contribution >= 0.6 is 0 Å². The number of ether oxygens (including phenoxy) is 1. The van der Waals surface area contributed by atoms with Gasteiger partial charge in [0.25, 0.3) is 0 Å². The van der Waals surface area contributed by atoms with E-state index in [2.05, 4.69) is 10.0 Å². The molecule has 6 nitrogen and oxygen atoms in total. The van der Waals surface area contributed by atoms with Crippen LogP contribution in [-0.2, 0) is 14.8 Å². The molecule has 0 radical (unpaired) electrons. The van der Waals surface area contributed by atoms with Gasteiger partial charge in [0.05, 0.1) is 12.0 Å². The summed E-state index contributed by atoms with van der Waals surface area (Å²) >= 11 is 0. The van der Waals surface area contributed by atoms with Crippen LogP contribution in [0.5, 0.6) is 5.75 Å². The summed E-state index contributed by atoms with van der Waals surface area (Å²) in [7, 11) is -2.34. The van der Waals surface area contributed by atoms with Crippen molar-refractivity contribution in [3.63, 3.8) is 0 Å². The van der Waals surface area contributed by atoms with Gasteiger partial charge in [-0.2, -0.15) is 4.72 Å². The molecule has 0 saturated carbocycles. The number of benzene rings is 2. The zero-order valence-corrected chi connectivity index (χ0v) is 16.1. The highest BCUT2D eigenvalue weighted by Gasteiger charge is 2.28. The lowest BCUT2D eigenvalue weighted by molar-refractivity contribution is -0.118. The van der Waals surface area contributed by atoms with E-state index >= 15 is 0 Å². The average molecular weight is 376 g/mol. The van der Waals surface area contributed by atoms with Gasteiger partial charge in [-0.25, -0.2) is 8.42 Å². The summed E-state index contributed by atoms with van der Waals surface area (Å²) in [5.74, 6) is -0.0722. The molecule has 0 spiro atoms. The highest BCUT2D eigenvalue weighted by molar-refractivity contribution is 7.89. The molecule has 1 amide bonds. The molecule has 1 atom stereocenters. The number of carbonyl (C=O) groups is 1. The van der Waals surface area contributed by atoms with Crippen molar-refractivity contribution in [3.8, 4) is 5.75 Å². The SMILES string of the molecule is COc1ccc(S(=O)(=O)NC(C(=O)Nc2cccc(C)c2)C(C)C)cc1. The third-order valence-electron chi connectivity index (χ3n) is 3.89. The molecule has 0 aliphatic heterocycles. The first-order valence-electron chi connectivity index (χ1n) is 8.27. The first-order chi connectivity index (χ1) is 12.2. The Bertz CT molecular complexity index is 861. The van der Waals surface area contributed by atoms with E-state index in [1.807, 2.05) is 25.1 Å². The molecule has 0 saturated heterocycles. The predicted molar refractivity (Wildman–Crippen MR) is 102 cm³/mol. The molecule has 2 N–H and O–H groups in total. The molecular weight excluding hydrogens is 352 g/mol. The molecule has 0 heterocycles. The lowest BCUT2D eigenvalue weighted by atomic mass is 10.0. The highest BCUT2D eigenvalue weighted by atomic mass is 32.2. The number of rotatable bonds is 7. The molecule has 0 bridgehead atoms. The Hall–Kier alpha value is -2.38. The normalized spacial score (nSPS) is 12.7. The van der Waals surface area contributed by atoms with Gasteiger partial charge < -0.3 is 10.1 Å². The molecule has 2 rings (SSSR count). The van der Waals surface area contributed by atoms with Crippen LogP contribution in [0.15, 0.2) is 53.4 Å². The fraction of sp³-hybridized carbons (Fsp3) is 0.316. The molecular formula is C19H24N2O4S. The number of hydrogen-bond donors (Lipinski definition) is 2. The van der Waals surface area contributed by atoms with Crippen molar-refractivity contribution < 1.29 is 17.9 Å². The van der Waals surface area contributed by atoms with Crippen LogP contribution < -0.4 is 14.8 Å². The molecule has 0 fully saturated rings. The lowest BCUT2D eigenvalue weighted by Crippen LogP contribution is -2.47. The summed E-state index contributed by atoms with van der Waals surface area (Å²) in [6.07, 6.45) is 0. The number of nitrogens with one attached hydrogen (secondary N) is 2. The van der Waals surface area contributed by atoms with E-state index in [1.54, 1.807) is 32.0 Å². The number of aryl methyl sites for hydroxylation is 1. The van der Waals surface area contributed by atoms with Crippen LogP contribution in [0.25, 0.3) is 0 Å². The minimum absolute atomic E-state index is 0.0762. The topological polar surface area (TPSA) is 84.5 Å². The van der Waals surface area contributed by atoms with Crippen molar-refractivity contribution in [2.24, 2.45) is 5.92 Å². The molecule has 0 aliphatic rings. The maximum absolute atomic E-state index is 12.6. The minimum atomic E-state index is -3.84. The smallest absolute Gasteiger partial charge is 0.242 e. The Labute approximate surface area is 154 Å². The Morgan fingerprint density at radius 1 is 1.08 bits per heavy atom. The van der Waals surface area contributed by atoms with E-state index in [-0.39, 0.29) is 10.8 Å². The number of methoxy groups -OCH3 is 1. The van der Waals surface area contributed by atoms with Gasteiger partial charge in [0.1, 0.15) is 11.8 Å². The van der Waals surface area contributed by atoms with Crippen molar-refractivity contribution >= 4 is 21.6 Å². The van der Waals surface area contributed by atoms with Gasteiger partial charge in [-0.1, -0.05) is 26.0 Å². The molecule has 2 aromatic rings. The molecule has 0 aromatic heterocycles. The van der Waals surface area contributed by atoms with Gasteiger partial charge in [0.15, 0.2) is 0 Å². The molecule has 7 heteroatoms. The third kappa shape index (κ3) is 5.06. The fourth-order valence-corrected chi connectivity index (χ4v) is 3.77. The Morgan fingerprint density at radius 3 is 2.27 bits per heavy atom. The van der Waals surface area contributed by atoms with Gasteiger partial charge in [-0.3, -0.25) is 4.79 Å². The van der Waals surface area contributed by atoms with Gasteiger partial charge in [0.2, 0.25) is 15.9 Å². The second-order valence-electron chi connectivity index (χ2n) is 6.38. The summed E-state index contributed by atoms with van der Waals surface area (Å²) in [5.41, 5.74) is 1.63. The monoisotopic (exact) mass is 376 g/mol. The number of sulfonamides is 1. The second-order valence-corrected chi connectivity index (χ2v) is 8.09. The quantitative estimate of drug-likeness (QED) is 0.778. The van der Waals surface area contributed by atoms with E-state index in [1.165, 1.54) is 19.2 Å². The van der Waals surface area contributed by atoms with Crippen LogP contribution in [0.2, 0.25) is 0 Å². The summed E-state index contributed by atoms with van der Waals surface area (Å²) < 4.78 is 32.8. The van der Waals surface area contributed by atoms with Crippen LogP contribution in [0.1, 0.15) is 19.4 Å². The Morgan fingerprint density at radius 2 is 1.73 bits per heavy atom. The minimum Gasteiger partial charge on any atom is -0.497 e. The van der Waals surface area contributed by atoms with Crippen molar-refractivity contribution in [1.29, 1.82) is 0 Å². The molecule has 26 heavy (non-hydrogen) atoms. The maximum Gasteiger partial charge on any atom is 0.242 e. The third-order valence-corrected chi connectivity index (χ3v) is 5.34. The summed E-state index contributed by atoms with van der Waals surface area (Å²) in [6.45, 7) is 5.50. The number of anilines is 1. The number of hydrogen-bond acceptors (Lipinski definition) is 4. The average Bonchev–Trinajstić information content (AvgIpc) is 2.59. The van der Waals surface area contributed by atoms with Gasteiger partial charge in [-0.05, 0) is 54.8 Å². The van der Waals surface area contributed by atoms with Gasteiger partial charge >= 0.3 is 0 Å². The Kier molecular flexibility index (Phi) is 6.39. The van der Waals surface area contributed by atoms with E-state index in [0.717, 1.165) is 5.56 Å². The first-order valence-corrected chi connectivity index (χ1v) is 9.75. The van der Waals surface area contributed by atoms with Crippen molar-refractivity contribution in [2.45, 2.75) is 31.7 Å². The van der Waals surface area contributed by atoms with Gasteiger partial charge in [-0.15, -0.1) is 0 Å². The van der Waals surface area contributed by atoms with Crippen LogP contribution in [0, 0.1) is 12.8 Å². The van der Waals surface area contributed by atoms with Crippen LogP contribution in [0.3, 0.4) is 0 Å². The molecule has 140 valence electrons. The largest absolute Gasteiger partial charge is 0.497 e. The maximum atomic E-state index is 12.6. The zero-order chi connectivity index (χ0) is 19.3. The van der Waals surface area contributed by atoms with Crippen LogP contribution in [0.4, 0.5) is 5.69 Å². The predicted octanol–water partition coefficient (Wildman–Crippen LogP) is 2.95. The molecule has 2 aromatic carbocycles.